The average Bonchev–Trinajstić information content (AvgIpc) is 2.19. The number of aromatic nitrogens is 1. The molecule has 8 heteroatoms. The van der Waals surface area contributed by atoms with Crippen LogP contribution in [0.5, 0.6) is 0 Å². The van der Waals surface area contributed by atoms with E-state index in [-0.39, 0.29) is 5.96 Å². The molecule has 0 aliphatic carbocycles. The van der Waals surface area contributed by atoms with E-state index in [1.807, 2.05) is 0 Å². The monoisotopic (exact) mass is 243 g/mol. The van der Waals surface area contributed by atoms with Crippen LogP contribution in [0.3, 0.4) is 0 Å². The molecule has 16 heavy (non-hydrogen) atoms. The van der Waals surface area contributed by atoms with Crippen LogP contribution in [0.4, 0.5) is 5.69 Å². The molecule has 0 spiro atoms. The Bertz CT molecular complexity index is 403. The van der Waals surface area contributed by atoms with Crippen molar-refractivity contribution in [2.24, 2.45) is 5.10 Å². The molecule has 0 fully saturated rings. The van der Waals surface area contributed by atoms with Crippen LogP contribution in [0, 0.1) is 10.1 Å². The van der Waals surface area contributed by atoms with E-state index in [2.05, 4.69) is 15.4 Å². The van der Waals surface area contributed by atoms with Crippen molar-refractivity contribution in [2.45, 2.75) is 0 Å². The summed E-state index contributed by atoms with van der Waals surface area (Å²) in [7, 11) is 3.28. The fourth-order valence-corrected chi connectivity index (χ4v) is 0.994. The molecule has 0 aromatic carbocycles. The molecule has 0 saturated heterocycles. The number of rotatable bonds is 2. The Kier molecular flexibility index (Phi) is 4.01. The molecule has 0 aliphatic rings. The normalized spacial score (nSPS) is 11.1. The van der Waals surface area contributed by atoms with Crippen LogP contribution < -0.4 is 5.32 Å². The van der Waals surface area contributed by atoms with E-state index in [0.717, 1.165) is 0 Å². The van der Waals surface area contributed by atoms with E-state index < -0.39 is 5.03 Å². The van der Waals surface area contributed by atoms with Crippen LogP contribution >= 0.6 is 11.6 Å². The quantitative estimate of drug-likeness (QED) is 0.278. The van der Waals surface area contributed by atoms with Crippen molar-refractivity contribution in [1.82, 2.24) is 9.88 Å². The van der Waals surface area contributed by atoms with Gasteiger partial charge in [-0.1, -0.05) is 11.6 Å². The maximum absolute atomic E-state index is 10.3. The molecule has 1 rings (SSSR count). The van der Waals surface area contributed by atoms with Crippen LogP contribution in [0.2, 0.25) is 5.15 Å². The summed E-state index contributed by atoms with van der Waals surface area (Å²) in [6.45, 7) is 0. The summed E-state index contributed by atoms with van der Waals surface area (Å²) in [5.41, 5.74) is 0.568. The minimum atomic E-state index is -0.772. The average molecular weight is 244 g/mol. The lowest BCUT2D eigenvalue weighted by molar-refractivity contribution is -0.485. The van der Waals surface area contributed by atoms with Gasteiger partial charge in [-0.3, -0.25) is 0 Å². The highest BCUT2D eigenvalue weighted by molar-refractivity contribution is 6.29. The molecule has 0 amide bonds. The number of hydrazone groups is 1. The number of hydrogen-bond acceptors (Lipinski definition) is 3. The first-order valence-corrected chi connectivity index (χ1v) is 4.65. The van der Waals surface area contributed by atoms with Gasteiger partial charge in [0.1, 0.15) is 10.3 Å². The van der Waals surface area contributed by atoms with Gasteiger partial charge in [0, 0.05) is 14.1 Å². The second kappa shape index (κ2) is 5.26. The van der Waals surface area contributed by atoms with Gasteiger partial charge in [-0.15, -0.1) is 0 Å². The van der Waals surface area contributed by atoms with E-state index >= 15 is 0 Å². The molecule has 1 heterocycles. The predicted octanol–water partition coefficient (Wildman–Crippen LogP) is 1.26. The molecule has 0 unspecified atom stereocenters. The standard InChI is InChI=1S/C8H10ClN5O2/c1-13(2)8(12-14(15)16)11-6-3-4-7(9)10-5-6/h3-5H,1-2H3,(H,11,12). The number of hydrogen-bond donors (Lipinski definition) is 1. The maximum atomic E-state index is 10.3. The zero-order valence-electron chi connectivity index (χ0n) is 8.72. The van der Waals surface area contributed by atoms with Gasteiger partial charge in [0.2, 0.25) is 0 Å². The number of anilines is 1. The molecule has 0 atom stereocenters. The molecule has 1 N–H and O–H groups in total. The summed E-state index contributed by atoms with van der Waals surface area (Å²) in [4.78, 5) is 15.6. The molecular weight excluding hydrogens is 234 g/mol. The van der Waals surface area contributed by atoms with Crippen LogP contribution in [0.15, 0.2) is 23.4 Å². The summed E-state index contributed by atoms with van der Waals surface area (Å²) in [5, 5.41) is 15.8. The topological polar surface area (TPSA) is 83.7 Å². The SMILES string of the molecule is CN(C)C(=N[N+](=O)[O-])Nc1ccc(Cl)nc1. The van der Waals surface area contributed by atoms with Gasteiger partial charge in [-0.25, -0.2) is 15.1 Å². The maximum Gasteiger partial charge on any atom is 0.275 e. The van der Waals surface area contributed by atoms with E-state index in [4.69, 9.17) is 11.6 Å². The third-order valence-electron chi connectivity index (χ3n) is 1.58. The highest BCUT2D eigenvalue weighted by Gasteiger charge is 2.08. The van der Waals surface area contributed by atoms with Crippen molar-refractivity contribution in [3.63, 3.8) is 0 Å². The Balaban J connectivity index is 2.84. The van der Waals surface area contributed by atoms with Crippen LogP contribution in [0.25, 0.3) is 0 Å². The Morgan fingerprint density at radius 1 is 1.62 bits per heavy atom. The number of nitrogens with one attached hydrogen (secondary N) is 1. The lowest BCUT2D eigenvalue weighted by Gasteiger charge is -2.13. The first-order chi connectivity index (χ1) is 7.49. The number of guanidine groups is 1. The van der Waals surface area contributed by atoms with Crippen LogP contribution in [-0.2, 0) is 0 Å². The fraction of sp³-hybridized carbons (Fsp3) is 0.250. The summed E-state index contributed by atoms with van der Waals surface area (Å²) < 4.78 is 0. The van der Waals surface area contributed by atoms with Gasteiger partial charge >= 0.3 is 0 Å². The van der Waals surface area contributed by atoms with Gasteiger partial charge in [-0.2, -0.15) is 0 Å². The predicted molar refractivity (Wildman–Crippen MR) is 61.0 cm³/mol. The second-order valence-electron chi connectivity index (χ2n) is 3.05. The molecule has 7 nitrogen and oxygen atoms in total. The fourth-order valence-electron chi connectivity index (χ4n) is 0.882. The van der Waals surface area contributed by atoms with E-state index in [1.54, 1.807) is 26.2 Å². The molecule has 1 aromatic heterocycles. The molecule has 0 aliphatic heterocycles. The second-order valence-corrected chi connectivity index (χ2v) is 3.44. The highest BCUT2D eigenvalue weighted by Crippen LogP contribution is 2.09. The van der Waals surface area contributed by atoms with Crippen molar-refractivity contribution in [3.05, 3.63) is 33.6 Å². The molecule has 0 bridgehead atoms. The van der Waals surface area contributed by atoms with Crippen LogP contribution in [-0.4, -0.2) is 35.0 Å². The lowest BCUT2D eigenvalue weighted by atomic mass is 10.4. The minimum absolute atomic E-state index is 0.106. The van der Waals surface area contributed by atoms with Crippen molar-refractivity contribution in [3.8, 4) is 0 Å². The molecule has 0 radical (unpaired) electrons. The number of pyridine rings is 1. The summed E-state index contributed by atoms with van der Waals surface area (Å²) in [5.74, 6) is 0.106. The largest absolute Gasteiger partial charge is 0.344 e. The Hall–Kier alpha value is -1.89. The third-order valence-corrected chi connectivity index (χ3v) is 1.81. The van der Waals surface area contributed by atoms with Gasteiger partial charge in [0.15, 0.2) is 5.03 Å². The Morgan fingerprint density at radius 2 is 2.31 bits per heavy atom. The third kappa shape index (κ3) is 3.70. The van der Waals surface area contributed by atoms with Gasteiger partial charge in [0.05, 0.1) is 11.9 Å². The van der Waals surface area contributed by atoms with Gasteiger partial charge in [0.25, 0.3) is 5.96 Å². The Morgan fingerprint density at radius 3 is 2.75 bits per heavy atom. The zero-order chi connectivity index (χ0) is 12.1. The van der Waals surface area contributed by atoms with Crippen molar-refractivity contribution in [1.29, 1.82) is 0 Å². The summed E-state index contributed by atoms with van der Waals surface area (Å²) in [6, 6.07) is 3.22. The number of halogens is 1. The summed E-state index contributed by atoms with van der Waals surface area (Å²) >= 11 is 5.61. The molecule has 86 valence electrons. The van der Waals surface area contributed by atoms with Crippen molar-refractivity contribution < 1.29 is 5.03 Å². The summed E-state index contributed by atoms with van der Waals surface area (Å²) in [6.07, 6.45) is 1.46. The number of nitrogens with zero attached hydrogens (tertiary/aromatic N) is 4. The smallest absolute Gasteiger partial charge is 0.275 e. The van der Waals surface area contributed by atoms with E-state index in [1.165, 1.54) is 11.1 Å². The van der Waals surface area contributed by atoms with Crippen LogP contribution in [0.1, 0.15) is 0 Å². The molecule has 0 saturated carbocycles. The lowest BCUT2D eigenvalue weighted by Crippen LogP contribution is -2.30. The number of nitro groups is 1. The first kappa shape index (κ1) is 12.2. The zero-order valence-corrected chi connectivity index (χ0v) is 9.47. The van der Waals surface area contributed by atoms with E-state index in [9.17, 15) is 10.1 Å². The molecular formula is C8H10ClN5O2. The van der Waals surface area contributed by atoms with Crippen molar-refractivity contribution >= 4 is 23.2 Å². The highest BCUT2D eigenvalue weighted by atomic mass is 35.5. The molecule has 1 aromatic rings. The Labute approximate surface area is 96.9 Å². The van der Waals surface area contributed by atoms with Gasteiger partial charge < -0.3 is 10.2 Å². The first-order valence-electron chi connectivity index (χ1n) is 4.28. The van der Waals surface area contributed by atoms with Gasteiger partial charge in [-0.05, 0) is 12.1 Å². The van der Waals surface area contributed by atoms with Crippen molar-refractivity contribution in [2.75, 3.05) is 19.4 Å². The minimum Gasteiger partial charge on any atom is -0.344 e. The van der Waals surface area contributed by atoms with E-state index in [0.29, 0.717) is 10.8 Å².